The Labute approximate surface area is 151 Å². The van der Waals surface area contributed by atoms with Gasteiger partial charge in [0.15, 0.2) is 0 Å². The van der Waals surface area contributed by atoms with Gasteiger partial charge in [-0.15, -0.1) is 0 Å². The molecule has 0 N–H and O–H groups in total. The topological polar surface area (TPSA) is 65.0 Å². The molecular formula is C20H20FNO4. The summed E-state index contributed by atoms with van der Waals surface area (Å²) in [6.45, 7) is 6.90. The molecule has 0 saturated carbocycles. The minimum atomic E-state index is -0.501. The third kappa shape index (κ3) is 4.99. The van der Waals surface area contributed by atoms with Gasteiger partial charge in [0.1, 0.15) is 31.3 Å². The Morgan fingerprint density at radius 2 is 1.96 bits per heavy atom. The van der Waals surface area contributed by atoms with Crippen LogP contribution in [-0.2, 0) is 16.1 Å². The largest absolute Gasteiger partial charge is 0.490 e. The lowest BCUT2D eigenvalue weighted by Gasteiger charge is -2.13. The van der Waals surface area contributed by atoms with Gasteiger partial charge in [0.2, 0.25) is 0 Å². The summed E-state index contributed by atoms with van der Waals surface area (Å²) in [5.74, 6) is -0.445. The van der Waals surface area contributed by atoms with Crippen LogP contribution in [0, 0.1) is 17.6 Å². The van der Waals surface area contributed by atoms with Crippen molar-refractivity contribution in [2.45, 2.75) is 20.4 Å². The summed E-state index contributed by atoms with van der Waals surface area (Å²) in [6.07, 6.45) is 0. The lowest BCUT2D eigenvalue weighted by Crippen LogP contribution is -2.13. The van der Waals surface area contributed by atoms with E-state index in [0.29, 0.717) is 28.0 Å². The zero-order chi connectivity index (χ0) is 19.1. The van der Waals surface area contributed by atoms with Crippen molar-refractivity contribution in [3.63, 3.8) is 0 Å². The Bertz CT molecular complexity index is 833. The monoisotopic (exact) mass is 357 g/mol. The maximum absolute atomic E-state index is 14.2. The quantitative estimate of drug-likeness (QED) is 0.300. The smallest absolute Gasteiger partial charge is 0.333 e. The molecule has 136 valence electrons. The van der Waals surface area contributed by atoms with E-state index in [9.17, 15) is 14.1 Å². The second-order valence-corrected chi connectivity index (χ2v) is 5.86. The molecule has 0 bridgehead atoms. The van der Waals surface area contributed by atoms with Crippen LogP contribution in [0.5, 0.6) is 5.75 Å². The van der Waals surface area contributed by atoms with Gasteiger partial charge in [-0.05, 0) is 37.1 Å². The number of hydrogen-bond acceptors (Lipinski definition) is 5. The first-order valence-electron chi connectivity index (χ1n) is 8.06. The van der Waals surface area contributed by atoms with E-state index in [1.165, 1.54) is 6.07 Å². The number of nitrogens with zero attached hydrogens (tertiary/aromatic N) is 1. The zero-order valence-electron chi connectivity index (χ0n) is 14.8. The number of nitroso groups, excluding NO2 is 1. The molecule has 0 heterocycles. The summed E-state index contributed by atoms with van der Waals surface area (Å²) in [4.78, 5) is 22.0. The lowest BCUT2D eigenvalue weighted by atomic mass is 10.0. The van der Waals surface area contributed by atoms with Crippen LogP contribution in [0.3, 0.4) is 0 Å². The first-order chi connectivity index (χ1) is 12.4. The Hall–Kier alpha value is -3.02. The molecular weight excluding hydrogens is 337 g/mol. The van der Waals surface area contributed by atoms with Crippen molar-refractivity contribution in [1.82, 2.24) is 0 Å². The van der Waals surface area contributed by atoms with Crippen molar-refractivity contribution in [1.29, 1.82) is 0 Å². The van der Waals surface area contributed by atoms with Crippen molar-refractivity contribution in [3.05, 3.63) is 70.4 Å². The minimum Gasteiger partial charge on any atom is -0.490 e. The van der Waals surface area contributed by atoms with E-state index >= 15 is 0 Å². The van der Waals surface area contributed by atoms with Crippen LogP contribution in [0.2, 0.25) is 0 Å². The molecule has 0 amide bonds. The van der Waals surface area contributed by atoms with Gasteiger partial charge < -0.3 is 9.47 Å². The average molecular weight is 357 g/mol. The number of carbonyl (C=O) groups excluding carboxylic acids is 1. The average Bonchev–Trinajstić information content (AvgIpc) is 2.60. The second-order valence-electron chi connectivity index (χ2n) is 5.86. The van der Waals surface area contributed by atoms with Crippen molar-refractivity contribution >= 4 is 5.97 Å². The highest BCUT2D eigenvalue weighted by atomic mass is 19.1. The van der Waals surface area contributed by atoms with E-state index in [2.05, 4.69) is 11.8 Å². The van der Waals surface area contributed by atoms with Crippen LogP contribution in [0.15, 0.2) is 53.7 Å². The van der Waals surface area contributed by atoms with Gasteiger partial charge in [0.25, 0.3) is 0 Å². The molecule has 0 aliphatic carbocycles. The number of benzene rings is 2. The van der Waals surface area contributed by atoms with Crippen molar-refractivity contribution < 1.29 is 18.7 Å². The normalized spacial score (nSPS) is 10.3. The molecule has 2 rings (SSSR count). The molecule has 6 heteroatoms. The first-order valence-corrected chi connectivity index (χ1v) is 8.06. The fraction of sp³-hybridized carbons (Fsp3) is 0.250. The van der Waals surface area contributed by atoms with E-state index in [0.717, 1.165) is 5.56 Å². The fourth-order valence-electron chi connectivity index (χ4n) is 2.32. The van der Waals surface area contributed by atoms with E-state index in [4.69, 9.17) is 9.47 Å². The highest BCUT2D eigenvalue weighted by Crippen LogP contribution is 2.30. The van der Waals surface area contributed by atoms with Crippen LogP contribution in [-0.4, -0.2) is 19.2 Å². The number of ether oxygens (including phenoxy) is 2. The maximum Gasteiger partial charge on any atom is 0.333 e. The summed E-state index contributed by atoms with van der Waals surface area (Å²) in [7, 11) is 0. The molecule has 2 aromatic rings. The molecule has 0 unspecified atom stereocenters. The number of aryl methyl sites for hydroxylation is 1. The third-order valence-electron chi connectivity index (χ3n) is 3.66. The predicted molar refractivity (Wildman–Crippen MR) is 97.3 cm³/mol. The summed E-state index contributed by atoms with van der Waals surface area (Å²) in [5, 5.41) is 2.88. The standard InChI is InChI=1S/C20H20FNO4/c1-13(2)20(23)26-9-8-25-19-11-15(5-6-16(19)12-22-24)17-7-4-14(3)10-18(17)21/h4-7,10-11H,1,8-9,12H2,2-3H3. The van der Waals surface area contributed by atoms with E-state index < -0.39 is 5.97 Å². The Balaban J connectivity index is 2.18. The van der Waals surface area contributed by atoms with Crippen LogP contribution in [0.1, 0.15) is 18.1 Å². The number of hydrogen-bond donors (Lipinski definition) is 0. The van der Waals surface area contributed by atoms with Crippen molar-refractivity contribution in [3.8, 4) is 16.9 Å². The Morgan fingerprint density at radius 3 is 2.62 bits per heavy atom. The van der Waals surface area contributed by atoms with Crippen molar-refractivity contribution in [2.24, 2.45) is 5.18 Å². The highest BCUT2D eigenvalue weighted by molar-refractivity contribution is 5.86. The summed E-state index contributed by atoms with van der Waals surface area (Å²) in [5.41, 5.74) is 2.74. The number of esters is 1. The van der Waals surface area contributed by atoms with Crippen molar-refractivity contribution in [2.75, 3.05) is 13.2 Å². The minimum absolute atomic E-state index is 0.0305. The number of halogens is 1. The molecule has 0 radical (unpaired) electrons. The molecule has 0 aliphatic rings. The van der Waals surface area contributed by atoms with Gasteiger partial charge in [-0.1, -0.05) is 36.0 Å². The predicted octanol–water partition coefficient (Wildman–Crippen LogP) is 4.57. The summed E-state index contributed by atoms with van der Waals surface area (Å²) < 4.78 is 24.8. The third-order valence-corrected chi connectivity index (χ3v) is 3.66. The molecule has 0 spiro atoms. The van der Waals surface area contributed by atoms with Crippen LogP contribution in [0.25, 0.3) is 11.1 Å². The summed E-state index contributed by atoms with van der Waals surface area (Å²) >= 11 is 0. The fourth-order valence-corrected chi connectivity index (χ4v) is 2.32. The molecule has 26 heavy (non-hydrogen) atoms. The highest BCUT2D eigenvalue weighted by Gasteiger charge is 2.11. The molecule has 0 aliphatic heterocycles. The molecule has 2 aromatic carbocycles. The van der Waals surface area contributed by atoms with Crippen LogP contribution >= 0.6 is 0 Å². The first kappa shape index (κ1) is 19.3. The molecule has 0 fully saturated rings. The molecule has 0 aromatic heterocycles. The van der Waals surface area contributed by atoms with E-state index in [1.807, 2.05) is 13.0 Å². The SMILES string of the molecule is C=C(C)C(=O)OCCOc1cc(-c2ccc(C)cc2F)ccc1CN=O. The molecule has 5 nitrogen and oxygen atoms in total. The van der Waals surface area contributed by atoms with E-state index in [-0.39, 0.29) is 25.6 Å². The van der Waals surface area contributed by atoms with E-state index in [1.54, 1.807) is 31.2 Å². The zero-order valence-corrected chi connectivity index (χ0v) is 14.8. The van der Waals surface area contributed by atoms with Gasteiger partial charge in [-0.25, -0.2) is 9.18 Å². The molecule has 0 atom stereocenters. The Morgan fingerprint density at radius 1 is 1.19 bits per heavy atom. The summed E-state index contributed by atoms with van der Waals surface area (Å²) in [6, 6.07) is 9.99. The molecule has 0 saturated heterocycles. The van der Waals surface area contributed by atoms with Crippen LogP contribution in [0.4, 0.5) is 4.39 Å². The van der Waals surface area contributed by atoms with Gasteiger partial charge in [0.05, 0.1) is 0 Å². The second kappa shape index (κ2) is 8.89. The van der Waals surface area contributed by atoms with Gasteiger partial charge in [-0.2, -0.15) is 4.91 Å². The van der Waals surface area contributed by atoms with Gasteiger partial charge in [-0.3, -0.25) is 0 Å². The van der Waals surface area contributed by atoms with Gasteiger partial charge in [0, 0.05) is 16.7 Å². The maximum atomic E-state index is 14.2. The number of rotatable bonds is 8. The van der Waals surface area contributed by atoms with Crippen LogP contribution < -0.4 is 4.74 Å². The number of carbonyl (C=O) groups is 1. The van der Waals surface area contributed by atoms with Gasteiger partial charge >= 0.3 is 5.97 Å². The lowest BCUT2D eigenvalue weighted by molar-refractivity contribution is -0.139. The Kier molecular flexibility index (Phi) is 6.60.